The Morgan fingerprint density at radius 3 is 2.52 bits per heavy atom. The van der Waals surface area contributed by atoms with Gasteiger partial charge >= 0.3 is 12.1 Å². The van der Waals surface area contributed by atoms with Gasteiger partial charge in [-0.25, -0.2) is 4.79 Å². The summed E-state index contributed by atoms with van der Waals surface area (Å²) in [6.45, 7) is 7.41. The van der Waals surface area contributed by atoms with Crippen molar-refractivity contribution in [2.75, 3.05) is 6.61 Å². The van der Waals surface area contributed by atoms with E-state index in [1.807, 2.05) is 0 Å². The highest BCUT2D eigenvalue weighted by Crippen LogP contribution is 2.20. The van der Waals surface area contributed by atoms with E-state index in [1.54, 1.807) is 52.0 Å². The highest BCUT2D eigenvalue weighted by Gasteiger charge is 2.22. The molecule has 2 atom stereocenters. The molecule has 0 aromatic heterocycles. The number of rotatable bonds is 7. The predicted molar refractivity (Wildman–Crippen MR) is 91.7 cm³/mol. The number of alkyl carbamates (subject to hydrolysis) is 1. The molecular formula is C18H27NO6. The number of hydrogen-bond acceptors (Lipinski definition) is 6. The normalized spacial score (nSPS) is 13.7. The summed E-state index contributed by atoms with van der Waals surface area (Å²) in [5.74, 6) is -0.572. The van der Waals surface area contributed by atoms with E-state index < -0.39 is 29.9 Å². The lowest BCUT2D eigenvalue weighted by Gasteiger charge is -2.20. The van der Waals surface area contributed by atoms with Gasteiger partial charge in [-0.05, 0) is 38.8 Å². The van der Waals surface area contributed by atoms with E-state index in [2.05, 4.69) is 5.32 Å². The number of carbonyl (C=O) groups excluding carboxylic acids is 2. The lowest BCUT2D eigenvalue weighted by molar-refractivity contribution is -0.147. The molecule has 1 amide bonds. The van der Waals surface area contributed by atoms with E-state index >= 15 is 0 Å². The molecule has 0 aliphatic rings. The van der Waals surface area contributed by atoms with Gasteiger partial charge in [0.2, 0.25) is 0 Å². The molecule has 2 unspecified atom stereocenters. The molecular weight excluding hydrogens is 326 g/mol. The fraction of sp³-hybridized carbons (Fsp3) is 0.556. The molecule has 0 aliphatic heterocycles. The van der Waals surface area contributed by atoms with Crippen LogP contribution in [-0.2, 0) is 20.8 Å². The Morgan fingerprint density at radius 1 is 1.24 bits per heavy atom. The molecule has 3 N–H and O–H groups in total. The minimum Gasteiger partial charge on any atom is -0.466 e. The van der Waals surface area contributed by atoms with Crippen molar-refractivity contribution in [2.45, 2.75) is 58.5 Å². The summed E-state index contributed by atoms with van der Waals surface area (Å²) in [7, 11) is 0. The van der Waals surface area contributed by atoms with Crippen LogP contribution >= 0.6 is 0 Å². The summed E-state index contributed by atoms with van der Waals surface area (Å²) in [4.78, 5) is 23.1. The summed E-state index contributed by atoms with van der Waals surface area (Å²) < 4.78 is 9.91. The molecule has 0 radical (unpaired) electrons. The third kappa shape index (κ3) is 8.00. The molecule has 1 aromatic carbocycles. The number of carbonyl (C=O) groups is 2. The zero-order valence-corrected chi connectivity index (χ0v) is 15.1. The average molecular weight is 353 g/mol. The molecule has 0 saturated carbocycles. The minimum atomic E-state index is -1.27. The fourth-order valence-corrected chi connectivity index (χ4v) is 2.10. The maximum atomic E-state index is 11.7. The Balaban J connectivity index is 2.64. The Morgan fingerprint density at radius 2 is 1.92 bits per heavy atom. The second-order valence-corrected chi connectivity index (χ2v) is 6.62. The van der Waals surface area contributed by atoms with Crippen molar-refractivity contribution in [3.05, 3.63) is 35.4 Å². The van der Waals surface area contributed by atoms with Crippen molar-refractivity contribution in [2.24, 2.45) is 0 Å². The highest BCUT2D eigenvalue weighted by molar-refractivity contribution is 5.70. The molecule has 1 rings (SSSR count). The number of amides is 1. The first kappa shape index (κ1) is 20.9. The van der Waals surface area contributed by atoms with E-state index in [0.29, 0.717) is 5.56 Å². The molecule has 0 bridgehead atoms. The number of aliphatic hydroxyl groups is 2. The smallest absolute Gasteiger partial charge is 0.407 e. The van der Waals surface area contributed by atoms with Crippen LogP contribution in [0.15, 0.2) is 24.3 Å². The number of benzene rings is 1. The van der Waals surface area contributed by atoms with E-state index in [9.17, 15) is 19.8 Å². The summed E-state index contributed by atoms with van der Waals surface area (Å²) >= 11 is 0. The summed E-state index contributed by atoms with van der Waals surface area (Å²) in [5.41, 5.74) is 0.588. The van der Waals surface area contributed by atoms with Gasteiger partial charge in [-0.1, -0.05) is 24.3 Å². The van der Waals surface area contributed by atoms with Crippen LogP contribution in [0.1, 0.15) is 51.3 Å². The van der Waals surface area contributed by atoms with Gasteiger partial charge in [0.05, 0.1) is 19.1 Å². The standard InChI is InChI=1S/C18H27NO6/c1-5-24-15(21)10-14(20)16(22)13-8-6-7-12(9-13)11-19-17(23)25-18(2,3)4/h6-9,14,16,20,22H,5,10-11H2,1-4H3,(H,19,23). The Hall–Kier alpha value is -2.12. The molecule has 140 valence electrons. The van der Waals surface area contributed by atoms with Crippen LogP contribution in [0.4, 0.5) is 4.79 Å². The molecule has 7 nitrogen and oxygen atoms in total. The van der Waals surface area contributed by atoms with Crippen LogP contribution in [0.25, 0.3) is 0 Å². The first-order valence-corrected chi connectivity index (χ1v) is 8.20. The predicted octanol–water partition coefficient (Wildman–Crippen LogP) is 2.06. The Labute approximate surface area is 147 Å². The van der Waals surface area contributed by atoms with Crippen molar-refractivity contribution in [3.8, 4) is 0 Å². The molecule has 0 saturated heterocycles. The maximum absolute atomic E-state index is 11.7. The van der Waals surface area contributed by atoms with Crippen LogP contribution < -0.4 is 5.32 Å². The minimum absolute atomic E-state index is 0.212. The molecule has 0 fully saturated rings. The first-order chi connectivity index (χ1) is 11.6. The summed E-state index contributed by atoms with van der Waals surface area (Å²) in [6, 6.07) is 6.75. The number of aliphatic hydroxyl groups excluding tert-OH is 2. The van der Waals surface area contributed by atoms with Crippen LogP contribution in [-0.4, -0.2) is 40.6 Å². The van der Waals surface area contributed by atoms with E-state index in [4.69, 9.17) is 9.47 Å². The number of hydrogen-bond donors (Lipinski definition) is 3. The van der Waals surface area contributed by atoms with E-state index in [-0.39, 0.29) is 19.6 Å². The van der Waals surface area contributed by atoms with Crippen LogP contribution in [0.2, 0.25) is 0 Å². The van der Waals surface area contributed by atoms with Crippen molar-refractivity contribution in [1.29, 1.82) is 0 Å². The zero-order valence-electron chi connectivity index (χ0n) is 15.1. The average Bonchev–Trinajstić information content (AvgIpc) is 2.51. The molecule has 0 aliphatic carbocycles. The molecule has 0 spiro atoms. The monoisotopic (exact) mass is 353 g/mol. The van der Waals surface area contributed by atoms with Gasteiger partial charge in [0.15, 0.2) is 0 Å². The van der Waals surface area contributed by atoms with E-state index in [1.165, 1.54) is 0 Å². The van der Waals surface area contributed by atoms with Gasteiger partial charge in [-0.15, -0.1) is 0 Å². The largest absolute Gasteiger partial charge is 0.466 e. The zero-order chi connectivity index (χ0) is 19.0. The SMILES string of the molecule is CCOC(=O)CC(O)C(O)c1cccc(CNC(=O)OC(C)(C)C)c1. The van der Waals surface area contributed by atoms with Crippen molar-refractivity contribution in [1.82, 2.24) is 5.32 Å². The number of esters is 1. The second kappa shape index (κ2) is 9.39. The van der Waals surface area contributed by atoms with Crippen molar-refractivity contribution < 1.29 is 29.3 Å². The molecule has 25 heavy (non-hydrogen) atoms. The van der Waals surface area contributed by atoms with Gasteiger partial charge in [0.1, 0.15) is 11.7 Å². The van der Waals surface area contributed by atoms with Gasteiger partial charge < -0.3 is 25.0 Å². The third-order valence-electron chi connectivity index (χ3n) is 3.17. The second-order valence-electron chi connectivity index (χ2n) is 6.62. The molecule has 1 aromatic rings. The number of nitrogens with one attached hydrogen (secondary N) is 1. The Kier molecular flexibility index (Phi) is 7.86. The Bertz CT molecular complexity index is 581. The lowest BCUT2D eigenvalue weighted by Crippen LogP contribution is -2.32. The lowest BCUT2D eigenvalue weighted by atomic mass is 10.00. The number of ether oxygens (including phenoxy) is 2. The van der Waals surface area contributed by atoms with Crippen molar-refractivity contribution in [3.63, 3.8) is 0 Å². The van der Waals surface area contributed by atoms with Crippen LogP contribution in [0.3, 0.4) is 0 Å². The van der Waals surface area contributed by atoms with Gasteiger partial charge in [0.25, 0.3) is 0 Å². The highest BCUT2D eigenvalue weighted by atomic mass is 16.6. The van der Waals surface area contributed by atoms with E-state index in [0.717, 1.165) is 5.56 Å². The summed E-state index contributed by atoms with van der Waals surface area (Å²) in [5, 5.41) is 22.8. The van der Waals surface area contributed by atoms with Crippen molar-refractivity contribution >= 4 is 12.1 Å². The van der Waals surface area contributed by atoms with Crippen LogP contribution in [0, 0.1) is 0 Å². The quantitative estimate of drug-likeness (QED) is 0.648. The van der Waals surface area contributed by atoms with Gasteiger partial charge in [-0.3, -0.25) is 4.79 Å². The third-order valence-corrected chi connectivity index (χ3v) is 3.17. The van der Waals surface area contributed by atoms with Crippen LogP contribution in [0.5, 0.6) is 0 Å². The summed E-state index contributed by atoms with van der Waals surface area (Å²) in [6.07, 6.45) is -3.34. The molecule has 7 heteroatoms. The maximum Gasteiger partial charge on any atom is 0.407 e. The topological polar surface area (TPSA) is 105 Å². The first-order valence-electron chi connectivity index (χ1n) is 8.20. The van der Waals surface area contributed by atoms with Gasteiger partial charge in [0, 0.05) is 6.54 Å². The molecule has 0 heterocycles. The van der Waals surface area contributed by atoms with Gasteiger partial charge in [-0.2, -0.15) is 0 Å². The fourth-order valence-electron chi connectivity index (χ4n) is 2.10.